The van der Waals surface area contributed by atoms with E-state index in [0.29, 0.717) is 35.8 Å². The molecule has 2 saturated heterocycles. The molecule has 1 aromatic heterocycles. The topological polar surface area (TPSA) is 67.5 Å². The van der Waals surface area contributed by atoms with E-state index in [9.17, 15) is 4.79 Å². The van der Waals surface area contributed by atoms with Gasteiger partial charge >= 0.3 is 0 Å². The van der Waals surface area contributed by atoms with Crippen molar-refractivity contribution in [2.75, 3.05) is 19.7 Å². The Morgan fingerprint density at radius 1 is 1.46 bits per heavy atom. The lowest BCUT2D eigenvalue weighted by Crippen LogP contribution is -2.59. The molecule has 1 N–H and O–H groups in total. The van der Waals surface area contributed by atoms with Gasteiger partial charge in [-0.15, -0.1) is 0 Å². The number of fused-ring (bicyclic) bond motifs is 1. The number of halogens is 1. The van der Waals surface area contributed by atoms with Gasteiger partial charge in [0.1, 0.15) is 5.60 Å². The normalized spacial score (nSPS) is 30.4. The van der Waals surface area contributed by atoms with Gasteiger partial charge in [-0.25, -0.2) is 0 Å². The fourth-order valence-corrected chi connectivity index (χ4v) is 4.05. The molecule has 0 bridgehead atoms. The molecular formula is C17H20ClN3O3. The van der Waals surface area contributed by atoms with Crippen LogP contribution in [0, 0.1) is 0 Å². The minimum absolute atomic E-state index is 0.0334. The van der Waals surface area contributed by atoms with Gasteiger partial charge in [0.05, 0.1) is 41.1 Å². The van der Waals surface area contributed by atoms with Crippen molar-refractivity contribution in [3.05, 3.63) is 28.9 Å². The average Bonchev–Trinajstić information content (AvgIpc) is 3.14. The number of hydrogen-bond acceptors (Lipinski definition) is 4. The monoisotopic (exact) mass is 349 g/mol. The number of carbonyl (C=O) groups is 1. The number of nitrogens with one attached hydrogen (secondary N) is 1. The number of aromatic nitrogens is 2. The van der Waals surface area contributed by atoms with Gasteiger partial charge in [-0.1, -0.05) is 11.6 Å². The molecule has 7 heteroatoms. The van der Waals surface area contributed by atoms with E-state index in [0.717, 1.165) is 11.8 Å². The molecule has 24 heavy (non-hydrogen) atoms. The second-order valence-electron chi connectivity index (χ2n) is 6.70. The number of ether oxygens (including phenoxy) is 2. The predicted octanol–water partition coefficient (Wildman–Crippen LogP) is 2.62. The van der Waals surface area contributed by atoms with Crippen LogP contribution in [0.15, 0.2) is 18.3 Å². The third-order valence-corrected chi connectivity index (χ3v) is 5.39. The lowest BCUT2D eigenvalue weighted by atomic mass is 9.92. The van der Waals surface area contributed by atoms with Gasteiger partial charge in [-0.05, 0) is 26.0 Å². The van der Waals surface area contributed by atoms with Gasteiger partial charge in [0.15, 0.2) is 0 Å². The van der Waals surface area contributed by atoms with E-state index in [1.54, 1.807) is 12.3 Å². The lowest BCUT2D eigenvalue weighted by molar-refractivity contribution is -0.160. The number of carbonyl (C=O) groups excluding carboxylic acids is 1. The van der Waals surface area contributed by atoms with Crippen molar-refractivity contribution in [1.82, 2.24) is 15.1 Å². The van der Waals surface area contributed by atoms with Crippen molar-refractivity contribution in [3.63, 3.8) is 0 Å². The van der Waals surface area contributed by atoms with Gasteiger partial charge in [0.25, 0.3) is 5.91 Å². The zero-order valence-electron chi connectivity index (χ0n) is 13.7. The van der Waals surface area contributed by atoms with Crippen molar-refractivity contribution in [2.24, 2.45) is 0 Å². The van der Waals surface area contributed by atoms with E-state index in [1.807, 2.05) is 24.8 Å². The predicted molar refractivity (Wildman–Crippen MR) is 90.3 cm³/mol. The highest BCUT2D eigenvalue weighted by molar-refractivity contribution is 6.35. The van der Waals surface area contributed by atoms with Crippen molar-refractivity contribution < 1.29 is 14.3 Å². The Kier molecular flexibility index (Phi) is 3.78. The zero-order chi connectivity index (χ0) is 16.9. The van der Waals surface area contributed by atoms with Crippen molar-refractivity contribution in [1.29, 1.82) is 0 Å². The number of H-pyrrole nitrogens is 1. The number of nitrogens with zero attached hydrogens (tertiary/aromatic N) is 2. The fraction of sp³-hybridized carbons (Fsp3) is 0.529. The second kappa shape index (κ2) is 5.72. The molecule has 2 fully saturated rings. The molecule has 0 radical (unpaired) electrons. The molecule has 128 valence electrons. The Bertz CT molecular complexity index is 792. The quantitative estimate of drug-likeness (QED) is 0.859. The Labute approximate surface area is 145 Å². The van der Waals surface area contributed by atoms with Gasteiger partial charge in [-0.3, -0.25) is 9.89 Å². The summed E-state index contributed by atoms with van der Waals surface area (Å²) in [5, 5.41) is 8.22. The highest BCUT2D eigenvalue weighted by atomic mass is 35.5. The molecular weight excluding hydrogens is 330 g/mol. The van der Waals surface area contributed by atoms with Crippen LogP contribution in [0.25, 0.3) is 10.9 Å². The van der Waals surface area contributed by atoms with Crippen LogP contribution >= 0.6 is 11.6 Å². The highest BCUT2D eigenvalue weighted by Gasteiger charge is 2.49. The standard InChI is InChI=1S/C17H20ClN3O3/c1-10-8-21(9-17(24-10)5-6-23-11(17)2)16(22)14-13(18)4-3-12-7-19-20-15(12)14/h3-4,7,10-11H,5-6,8-9H2,1-2H3,(H,19,20). The number of morpholine rings is 1. The highest BCUT2D eigenvalue weighted by Crippen LogP contribution is 2.36. The maximum absolute atomic E-state index is 13.2. The number of hydrogen-bond donors (Lipinski definition) is 1. The van der Waals surface area contributed by atoms with E-state index in [2.05, 4.69) is 10.2 Å². The maximum Gasteiger partial charge on any atom is 0.257 e. The summed E-state index contributed by atoms with van der Waals surface area (Å²) in [6.07, 6.45) is 2.41. The van der Waals surface area contributed by atoms with Crippen molar-refractivity contribution in [3.8, 4) is 0 Å². The Morgan fingerprint density at radius 2 is 2.29 bits per heavy atom. The number of amides is 1. The summed E-state index contributed by atoms with van der Waals surface area (Å²) in [6.45, 7) is 5.71. The molecule has 2 aromatic rings. The average molecular weight is 350 g/mol. The van der Waals surface area contributed by atoms with Crippen LogP contribution in [0.3, 0.4) is 0 Å². The molecule has 4 rings (SSSR count). The van der Waals surface area contributed by atoms with E-state index < -0.39 is 5.60 Å². The fourth-order valence-electron chi connectivity index (χ4n) is 3.81. The molecule has 3 atom stereocenters. The Balaban J connectivity index is 1.71. The Morgan fingerprint density at radius 3 is 3.04 bits per heavy atom. The SMILES string of the molecule is CC1CN(C(=O)c2c(Cl)ccc3cn[nH]c23)CC2(CCOC2C)O1. The van der Waals surface area contributed by atoms with Gasteiger partial charge in [0, 0.05) is 25.0 Å². The van der Waals surface area contributed by atoms with E-state index in [-0.39, 0.29) is 18.1 Å². The van der Waals surface area contributed by atoms with E-state index in [4.69, 9.17) is 21.1 Å². The molecule has 0 aliphatic carbocycles. The van der Waals surface area contributed by atoms with E-state index >= 15 is 0 Å². The summed E-state index contributed by atoms with van der Waals surface area (Å²) in [7, 11) is 0. The molecule has 2 aliphatic rings. The number of benzene rings is 1. The van der Waals surface area contributed by atoms with Crippen LogP contribution in [0.5, 0.6) is 0 Å². The Hall–Kier alpha value is -1.63. The summed E-state index contributed by atoms with van der Waals surface area (Å²) < 4.78 is 11.9. The van der Waals surface area contributed by atoms with Crippen molar-refractivity contribution in [2.45, 2.75) is 38.1 Å². The molecule has 1 aromatic carbocycles. The smallest absolute Gasteiger partial charge is 0.257 e. The summed E-state index contributed by atoms with van der Waals surface area (Å²) in [5.41, 5.74) is 0.723. The first-order valence-corrected chi connectivity index (χ1v) is 8.58. The third-order valence-electron chi connectivity index (χ3n) is 5.07. The minimum atomic E-state index is -0.429. The van der Waals surface area contributed by atoms with Crippen LogP contribution < -0.4 is 0 Å². The molecule has 0 saturated carbocycles. The third kappa shape index (κ3) is 2.41. The van der Waals surface area contributed by atoms with Gasteiger partial charge in [-0.2, -0.15) is 5.10 Å². The second-order valence-corrected chi connectivity index (χ2v) is 7.11. The lowest BCUT2D eigenvalue weighted by Gasteiger charge is -2.45. The molecule has 6 nitrogen and oxygen atoms in total. The summed E-state index contributed by atoms with van der Waals surface area (Å²) >= 11 is 6.34. The summed E-state index contributed by atoms with van der Waals surface area (Å²) in [4.78, 5) is 15.1. The summed E-state index contributed by atoms with van der Waals surface area (Å²) in [5.74, 6) is -0.0940. The number of rotatable bonds is 1. The van der Waals surface area contributed by atoms with Crippen LogP contribution in [-0.4, -0.2) is 58.5 Å². The summed E-state index contributed by atoms with van der Waals surface area (Å²) in [6, 6.07) is 3.60. The molecule has 3 heterocycles. The van der Waals surface area contributed by atoms with Gasteiger partial charge in [0.2, 0.25) is 0 Å². The largest absolute Gasteiger partial charge is 0.375 e. The minimum Gasteiger partial charge on any atom is -0.375 e. The first-order valence-electron chi connectivity index (χ1n) is 8.20. The van der Waals surface area contributed by atoms with Crippen LogP contribution in [0.2, 0.25) is 5.02 Å². The molecule has 1 amide bonds. The van der Waals surface area contributed by atoms with E-state index in [1.165, 1.54) is 0 Å². The van der Waals surface area contributed by atoms with Crippen molar-refractivity contribution >= 4 is 28.4 Å². The first kappa shape index (κ1) is 15.9. The maximum atomic E-state index is 13.2. The first-order chi connectivity index (χ1) is 11.5. The van der Waals surface area contributed by atoms with Crippen LogP contribution in [-0.2, 0) is 9.47 Å². The molecule has 1 spiro atoms. The van der Waals surface area contributed by atoms with Crippen LogP contribution in [0.1, 0.15) is 30.6 Å². The zero-order valence-corrected chi connectivity index (χ0v) is 14.5. The number of aromatic amines is 1. The molecule has 2 aliphatic heterocycles. The molecule has 3 unspecified atom stereocenters. The van der Waals surface area contributed by atoms with Gasteiger partial charge < -0.3 is 14.4 Å². The van der Waals surface area contributed by atoms with Crippen LogP contribution in [0.4, 0.5) is 0 Å².